The molecule has 7 nitrogen and oxygen atoms in total. The van der Waals surface area contributed by atoms with Crippen molar-refractivity contribution in [2.75, 3.05) is 19.5 Å². The van der Waals surface area contributed by atoms with Crippen LogP contribution >= 0.6 is 23.2 Å². The highest BCUT2D eigenvalue weighted by Crippen LogP contribution is 2.31. The maximum absolute atomic E-state index is 12.4. The Bertz CT molecular complexity index is 1080. The van der Waals surface area contributed by atoms with Crippen molar-refractivity contribution in [3.8, 4) is 17.1 Å². The molecule has 1 amide bonds. The van der Waals surface area contributed by atoms with Gasteiger partial charge in [0, 0.05) is 23.4 Å². The fraction of sp³-hybridized carbons (Fsp3) is 0.190. The van der Waals surface area contributed by atoms with Crippen LogP contribution in [0.1, 0.15) is 22.7 Å². The predicted octanol–water partition coefficient (Wildman–Crippen LogP) is 5.01. The number of rotatable bonds is 7. The maximum Gasteiger partial charge on any atom is 0.340 e. The monoisotopic (exact) mass is 448 g/mol. The highest BCUT2D eigenvalue weighted by molar-refractivity contribution is 6.36. The molecule has 0 aliphatic carbocycles. The molecule has 0 unspecified atom stereocenters. The van der Waals surface area contributed by atoms with Crippen LogP contribution in [0.25, 0.3) is 11.3 Å². The zero-order chi connectivity index (χ0) is 21.7. The summed E-state index contributed by atoms with van der Waals surface area (Å²) in [4.78, 5) is 28.5. The largest absolute Gasteiger partial charge is 0.497 e. The summed E-state index contributed by atoms with van der Waals surface area (Å²) in [6.45, 7) is 0. The molecule has 1 N–H and O–H groups in total. The number of ether oxygens (including phenoxy) is 2. The van der Waals surface area contributed by atoms with Crippen LogP contribution in [-0.4, -0.2) is 31.1 Å². The van der Waals surface area contributed by atoms with Gasteiger partial charge in [0.25, 0.3) is 0 Å². The van der Waals surface area contributed by atoms with E-state index in [1.54, 1.807) is 36.5 Å². The summed E-state index contributed by atoms with van der Waals surface area (Å²) < 4.78 is 15.6. The van der Waals surface area contributed by atoms with E-state index >= 15 is 0 Å². The van der Waals surface area contributed by atoms with Gasteiger partial charge in [-0.25, -0.2) is 9.78 Å². The van der Waals surface area contributed by atoms with Crippen molar-refractivity contribution < 1.29 is 23.5 Å². The number of nitrogens with zero attached hydrogens (tertiary/aromatic N) is 1. The Hall–Kier alpha value is -3.03. The topological polar surface area (TPSA) is 90.7 Å². The van der Waals surface area contributed by atoms with Crippen molar-refractivity contribution >= 4 is 40.8 Å². The van der Waals surface area contributed by atoms with Crippen LogP contribution < -0.4 is 10.1 Å². The number of halogens is 2. The van der Waals surface area contributed by atoms with E-state index in [-0.39, 0.29) is 24.3 Å². The number of nitrogens with one attached hydrogen (secondary N) is 1. The summed E-state index contributed by atoms with van der Waals surface area (Å²) in [5, 5.41) is 3.66. The summed E-state index contributed by atoms with van der Waals surface area (Å²) in [6, 6.07) is 9.76. The first-order valence-electron chi connectivity index (χ1n) is 8.87. The Morgan fingerprint density at radius 1 is 1.13 bits per heavy atom. The van der Waals surface area contributed by atoms with Crippen molar-refractivity contribution in [2.24, 2.45) is 0 Å². The first-order chi connectivity index (χ1) is 14.4. The van der Waals surface area contributed by atoms with E-state index in [2.05, 4.69) is 10.3 Å². The number of anilines is 1. The molecule has 0 aliphatic heterocycles. The summed E-state index contributed by atoms with van der Waals surface area (Å²) in [5.41, 5.74) is 1.18. The van der Waals surface area contributed by atoms with Crippen molar-refractivity contribution in [3.63, 3.8) is 0 Å². The highest BCUT2D eigenvalue weighted by atomic mass is 35.5. The molecule has 2 aromatic carbocycles. The maximum atomic E-state index is 12.4. The van der Waals surface area contributed by atoms with E-state index in [0.29, 0.717) is 38.7 Å². The predicted molar refractivity (Wildman–Crippen MR) is 113 cm³/mol. The summed E-state index contributed by atoms with van der Waals surface area (Å²) in [5.74, 6) is 0.446. The minimum Gasteiger partial charge on any atom is -0.497 e. The number of esters is 1. The fourth-order valence-corrected chi connectivity index (χ4v) is 3.21. The molecule has 3 aromatic rings. The van der Waals surface area contributed by atoms with Crippen LogP contribution in [0.5, 0.6) is 5.75 Å². The Morgan fingerprint density at radius 2 is 1.93 bits per heavy atom. The summed E-state index contributed by atoms with van der Waals surface area (Å²) >= 11 is 12.1. The van der Waals surface area contributed by atoms with Crippen LogP contribution in [0, 0.1) is 0 Å². The van der Waals surface area contributed by atoms with E-state index in [1.807, 2.05) is 0 Å². The lowest BCUT2D eigenvalue weighted by Crippen LogP contribution is -2.16. The Labute approximate surface area is 182 Å². The number of carbonyl (C=O) groups is 2. The van der Waals surface area contributed by atoms with Gasteiger partial charge in [0.1, 0.15) is 5.75 Å². The quantitative estimate of drug-likeness (QED) is 0.510. The first-order valence-corrected chi connectivity index (χ1v) is 9.63. The van der Waals surface area contributed by atoms with E-state index in [9.17, 15) is 9.59 Å². The zero-order valence-electron chi connectivity index (χ0n) is 16.2. The van der Waals surface area contributed by atoms with E-state index in [0.717, 1.165) is 0 Å². The van der Waals surface area contributed by atoms with Crippen LogP contribution in [0.4, 0.5) is 5.69 Å². The van der Waals surface area contributed by atoms with Gasteiger partial charge >= 0.3 is 5.97 Å². The van der Waals surface area contributed by atoms with Gasteiger partial charge in [-0.3, -0.25) is 4.79 Å². The average Bonchev–Trinajstić information content (AvgIpc) is 3.20. The molecule has 0 aliphatic rings. The van der Waals surface area contributed by atoms with Crippen LogP contribution in [0.2, 0.25) is 10.0 Å². The van der Waals surface area contributed by atoms with Crippen molar-refractivity contribution in [3.05, 3.63) is 64.1 Å². The van der Waals surface area contributed by atoms with Gasteiger partial charge in [-0.05, 0) is 36.4 Å². The molecule has 0 spiro atoms. The first kappa shape index (κ1) is 21.7. The number of hydrogen-bond donors (Lipinski definition) is 1. The fourth-order valence-electron chi connectivity index (χ4n) is 2.71. The molecule has 0 bridgehead atoms. The molecular formula is C21H18Cl2N2O5. The molecule has 3 rings (SSSR count). The van der Waals surface area contributed by atoms with E-state index < -0.39 is 5.97 Å². The molecule has 1 heterocycles. The minimum absolute atomic E-state index is 0.0982. The SMILES string of the molecule is COC(=O)c1cc(OC)ccc1NC(=O)CCc1ncc(-c2ccc(Cl)cc2Cl)o1. The van der Waals surface area contributed by atoms with Gasteiger partial charge in [0.2, 0.25) is 5.91 Å². The van der Waals surface area contributed by atoms with Crippen LogP contribution in [0.3, 0.4) is 0 Å². The Kier molecular flexibility index (Phi) is 6.97. The number of aryl methyl sites for hydroxylation is 1. The number of aromatic nitrogens is 1. The number of carbonyl (C=O) groups excluding carboxylic acids is 2. The third-order valence-corrected chi connectivity index (χ3v) is 4.77. The van der Waals surface area contributed by atoms with Gasteiger partial charge in [-0.1, -0.05) is 23.2 Å². The van der Waals surface area contributed by atoms with E-state index in [4.69, 9.17) is 37.1 Å². The second kappa shape index (κ2) is 9.65. The smallest absolute Gasteiger partial charge is 0.340 e. The lowest BCUT2D eigenvalue weighted by Gasteiger charge is -2.11. The molecule has 9 heteroatoms. The van der Waals surface area contributed by atoms with Crippen molar-refractivity contribution in [1.29, 1.82) is 0 Å². The molecule has 156 valence electrons. The number of methoxy groups -OCH3 is 2. The minimum atomic E-state index is -0.582. The number of amides is 1. The standard InChI is InChI=1S/C21H18Cl2N2O5/c1-28-13-4-6-17(15(10-13)21(27)29-2)25-19(26)7-8-20-24-11-18(30-20)14-5-3-12(22)9-16(14)23/h3-6,9-11H,7-8H2,1-2H3,(H,25,26). The average molecular weight is 449 g/mol. The van der Waals surface area contributed by atoms with Gasteiger partial charge < -0.3 is 19.2 Å². The van der Waals surface area contributed by atoms with Crippen molar-refractivity contribution in [2.45, 2.75) is 12.8 Å². The third kappa shape index (κ3) is 5.11. The van der Waals surface area contributed by atoms with Gasteiger partial charge in [0.05, 0.1) is 36.7 Å². The van der Waals surface area contributed by atoms with Crippen molar-refractivity contribution in [1.82, 2.24) is 4.98 Å². The number of benzene rings is 2. The molecule has 30 heavy (non-hydrogen) atoms. The van der Waals surface area contributed by atoms with Gasteiger partial charge in [0.15, 0.2) is 11.7 Å². The zero-order valence-corrected chi connectivity index (χ0v) is 17.7. The number of hydrogen-bond acceptors (Lipinski definition) is 6. The Morgan fingerprint density at radius 3 is 2.63 bits per heavy atom. The molecule has 0 saturated carbocycles. The second-order valence-electron chi connectivity index (χ2n) is 6.19. The van der Waals surface area contributed by atoms with Crippen LogP contribution in [-0.2, 0) is 16.0 Å². The second-order valence-corrected chi connectivity index (χ2v) is 7.04. The molecule has 0 saturated heterocycles. The van der Waals surface area contributed by atoms with Gasteiger partial charge in [-0.2, -0.15) is 0 Å². The highest BCUT2D eigenvalue weighted by Gasteiger charge is 2.16. The lowest BCUT2D eigenvalue weighted by atomic mass is 10.1. The summed E-state index contributed by atoms with van der Waals surface area (Å²) in [6.07, 6.45) is 1.91. The number of oxazole rings is 1. The molecular weight excluding hydrogens is 431 g/mol. The van der Waals surface area contributed by atoms with Crippen LogP contribution in [0.15, 0.2) is 47.0 Å². The summed E-state index contributed by atoms with van der Waals surface area (Å²) in [7, 11) is 2.75. The van der Waals surface area contributed by atoms with Gasteiger partial charge in [-0.15, -0.1) is 0 Å². The lowest BCUT2D eigenvalue weighted by molar-refractivity contribution is -0.116. The third-order valence-electron chi connectivity index (χ3n) is 4.22. The Balaban J connectivity index is 1.66. The molecule has 0 atom stereocenters. The molecule has 0 fully saturated rings. The molecule has 1 aromatic heterocycles. The molecule has 0 radical (unpaired) electrons. The normalized spacial score (nSPS) is 10.5. The van der Waals surface area contributed by atoms with E-state index in [1.165, 1.54) is 20.3 Å².